The second-order valence-electron chi connectivity index (χ2n) is 8.47. The molecule has 1 unspecified atom stereocenters. The van der Waals surface area contributed by atoms with E-state index in [2.05, 4.69) is 10.7 Å². The maximum absolute atomic E-state index is 13.0. The first kappa shape index (κ1) is 22.9. The lowest BCUT2D eigenvalue weighted by Gasteiger charge is -2.21. The first-order valence-corrected chi connectivity index (χ1v) is 12.3. The second-order valence-corrected chi connectivity index (χ2v) is 10.4. The predicted molar refractivity (Wildman–Crippen MR) is 120 cm³/mol. The van der Waals surface area contributed by atoms with Crippen molar-refractivity contribution in [3.63, 3.8) is 0 Å². The number of imide groups is 1. The number of nitrogens with one attached hydrogen (secondary N) is 2. The van der Waals surface area contributed by atoms with Gasteiger partial charge >= 0.3 is 6.03 Å². The number of urea groups is 1. The van der Waals surface area contributed by atoms with Crippen molar-refractivity contribution >= 4 is 27.9 Å². The van der Waals surface area contributed by atoms with Gasteiger partial charge in [0.05, 0.1) is 4.90 Å². The van der Waals surface area contributed by atoms with Gasteiger partial charge in [-0.15, -0.1) is 0 Å². The fourth-order valence-corrected chi connectivity index (χ4v) is 5.60. The molecule has 9 nitrogen and oxygen atoms in total. The highest BCUT2D eigenvalue weighted by molar-refractivity contribution is 7.89. The van der Waals surface area contributed by atoms with Crippen LogP contribution >= 0.6 is 0 Å². The van der Waals surface area contributed by atoms with Gasteiger partial charge in [-0.25, -0.2) is 13.2 Å². The van der Waals surface area contributed by atoms with Gasteiger partial charge in [-0.1, -0.05) is 36.4 Å². The number of carbonyl (C=O) groups excluding carboxylic acids is 3. The normalized spacial score (nSPS) is 21.3. The lowest BCUT2D eigenvalue weighted by molar-refractivity contribution is -0.132. The van der Waals surface area contributed by atoms with Crippen LogP contribution in [0.1, 0.15) is 42.1 Å². The Morgan fingerprint density at radius 3 is 2.45 bits per heavy atom. The molecule has 174 valence electrons. The molecule has 0 radical (unpaired) electrons. The van der Waals surface area contributed by atoms with Gasteiger partial charge in [0.15, 0.2) is 0 Å². The molecule has 4 rings (SSSR count). The Balaban J connectivity index is 1.46. The summed E-state index contributed by atoms with van der Waals surface area (Å²) < 4.78 is 27.0. The van der Waals surface area contributed by atoms with Crippen LogP contribution in [0.2, 0.25) is 0 Å². The number of benzene rings is 2. The summed E-state index contributed by atoms with van der Waals surface area (Å²) in [6, 6.07) is 14.4. The number of nitrogens with zero attached hydrogens (tertiary/aromatic N) is 2. The molecule has 10 heteroatoms. The zero-order chi connectivity index (χ0) is 23.6. The van der Waals surface area contributed by atoms with E-state index in [1.165, 1.54) is 28.6 Å². The molecule has 2 aromatic rings. The molecule has 0 saturated carbocycles. The van der Waals surface area contributed by atoms with E-state index in [1.807, 2.05) is 30.3 Å². The van der Waals surface area contributed by atoms with Crippen molar-refractivity contribution in [2.24, 2.45) is 0 Å². The van der Waals surface area contributed by atoms with Crippen molar-refractivity contribution in [2.75, 3.05) is 13.1 Å². The molecule has 2 aromatic carbocycles. The van der Waals surface area contributed by atoms with Crippen LogP contribution in [0.25, 0.3) is 0 Å². The third-order valence-corrected chi connectivity index (χ3v) is 7.92. The summed E-state index contributed by atoms with van der Waals surface area (Å²) in [6.45, 7) is 2.51. The Morgan fingerprint density at radius 1 is 1.06 bits per heavy atom. The summed E-state index contributed by atoms with van der Waals surface area (Å²) in [5.41, 5.74) is 2.22. The first-order valence-electron chi connectivity index (χ1n) is 10.8. The van der Waals surface area contributed by atoms with Gasteiger partial charge in [-0.3, -0.25) is 15.0 Å². The highest BCUT2D eigenvalue weighted by atomic mass is 32.2. The van der Waals surface area contributed by atoms with Crippen LogP contribution < -0.4 is 10.7 Å². The second kappa shape index (κ2) is 8.95. The summed E-state index contributed by atoms with van der Waals surface area (Å²) in [4.78, 5) is 38.2. The van der Waals surface area contributed by atoms with E-state index < -0.39 is 33.4 Å². The van der Waals surface area contributed by atoms with Crippen LogP contribution in [0.4, 0.5) is 4.79 Å². The molecular formula is C23H26N4O5S. The molecule has 2 aliphatic rings. The third kappa shape index (κ3) is 4.62. The van der Waals surface area contributed by atoms with Gasteiger partial charge < -0.3 is 5.32 Å². The summed E-state index contributed by atoms with van der Waals surface area (Å²) in [5.74, 6) is -1.32. The monoisotopic (exact) mass is 470 g/mol. The van der Waals surface area contributed by atoms with Crippen molar-refractivity contribution in [1.82, 2.24) is 20.1 Å². The van der Waals surface area contributed by atoms with Crippen LogP contribution in [0, 0.1) is 0 Å². The zero-order valence-electron chi connectivity index (χ0n) is 18.3. The average molecular weight is 471 g/mol. The molecule has 0 bridgehead atoms. The molecule has 4 amide bonds. The minimum atomic E-state index is -3.70. The van der Waals surface area contributed by atoms with Gasteiger partial charge in [0.25, 0.3) is 11.8 Å². The van der Waals surface area contributed by atoms with Gasteiger partial charge in [0, 0.05) is 18.7 Å². The maximum Gasteiger partial charge on any atom is 0.344 e. The molecule has 33 heavy (non-hydrogen) atoms. The van der Waals surface area contributed by atoms with E-state index in [-0.39, 0.29) is 10.5 Å². The van der Waals surface area contributed by atoms with Crippen molar-refractivity contribution in [3.8, 4) is 0 Å². The summed E-state index contributed by atoms with van der Waals surface area (Å²) in [5, 5.41) is 3.31. The lowest BCUT2D eigenvalue weighted by Crippen LogP contribution is -2.49. The van der Waals surface area contributed by atoms with Crippen LogP contribution in [0.5, 0.6) is 0 Å². The Labute approximate surface area is 192 Å². The van der Waals surface area contributed by atoms with Crippen LogP contribution in [-0.2, 0) is 21.2 Å². The van der Waals surface area contributed by atoms with Crippen LogP contribution in [-0.4, -0.2) is 54.2 Å². The molecule has 2 saturated heterocycles. The largest absolute Gasteiger partial charge is 0.344 e. The number of hydrogen-bond acceptors (Lipinski definition) is 5. The maximum atomic E-state index is 13.0. The number of carbonyl (C=O) groups is 3. The molecule has 0 spiro atoms. The van der Waals surface area contributed by atoms with Crippen molar-refractivity contribution in [3.05, 3.63) is 65.7 Å². The first-order chi connectivity index (χ1) is 15.7. The molecule has 0 aromatic heterocycles. The zero-order valence-corrected chi connectivity index (χ0v) is 19.1. The highest BCUT2D eigenvalue weighted by Gasteiger charge is 2.48. The molecule has 0 aliphatic carbocycles. The van der Waals surface area contributed by atoms with Crippen molar-refractivity contribution < 1.29 is 22.8 Å². The Morgan fingerprint density at radius 2 is 1.76 bits per heavy atom. The molecule has 2 N–H and O–H groups in total. The fraction of sp³-hybridized carbons (Fsp3) is 0.348. The van der Waals surface area contributed by atoms with Crippen LogP contribution in [0.3, 0.4) is 0 Å². The lowest BCUT2D eigenvalue weighted by atomic mass is 9.93. The standard InChI is InChI=1S/C23H26N4O5S/c1-23(13-12-17-8-3-2-4-9-17)21(29)27(22(30)24-23)25-20(28)18-10-7-11-19(16-18)33(31,32)26-14-5-6-15-26/h2-4,7-11,16H,5-6,12-15H2,1H3,(H,24,30)(H,25,28). The molecule has 2 heterocycles. The predicted octanol–water partition coefficient (Wildman–Crippen LogP) is 2.06. The van der Waals surface area contributed by atoms with Gasteiger partial charge in [0.2, 0.25) is 10.0 Å². The van der Waals surface area contributed by atoms with E-state index in [0.29, 0.717) is 30.9 Å². The van der Waals surface area contributed by atoms with Gasteiger partial charge in [-0.2, -0.15) is 9.31 Å². The number of hydrogen-bond donors (Lipinski definition) is 2. The number of aryl methyl sites for hydroxylation is 1. The van der Waals surface area contributed by atoms with Crippen LogP contribution in [0.15, 0.2) is 59.5 Å². The molecular weight excluding hydrogens is 444 g/mol. The smallest absolute Gasteiger partial charge is 0.322 e. The number of amides is 4. The minimum Gasteiger partial charge on any atom is -0.322 e. The summed E-state index contributed by atoms with van der Waals surface area (Å²) in [7, 11) is -3.70. The minimum absolute atomic E-state index is 0.00181. The third-order valence-electron chi connectivity index (χ3n) is 6.03. The molecule has 2 aliphatic heterocycles. The fourth-order valence-electron chi connectivity index (χ4n) is 4.04. The van der Waals surface area contributed by atoms with E-state index in [9.17, 15) is 22.8 Å². The average Bonchev–Trinajstić information content (AvgIpc) is 3.43. The summed E-state index contributed by atoms with van der Waals surface area (Å²) in [6.07, 6.45) is 2.53. The number of sulfonamides is 1. The van der Waals surface area contributed by atoms with Gasteiger partial charge in [-0.05, 0) is 56.4 Å². The highest BCUT2D eigenvalue weighted by Crippen LogP contribution is 2.24. The van der Waals surface area contributed by atoms with Crippen molar-refractivity contribution in [2.45, 2.75) is 43.0 Å². The van der Waals surface area contributed by atoms with Gasteiger partial charge in [0.1, 0.15) is 5.54 Å². The quantitative estimate of drug-likeness (QED) is 0.601. The number of rotatable bonds is 7. The van der Waals surface area contributed by atoms with E-state index in [0.717, 1.165) is 18.4 Å². The SMILES string of the molecule is CC1(CCc2ccccc2)NC(=O)N(NC(=O)c2cccc(S(=O)(=O)N3CCCC3)c2)C1=O. The summed E-state index contributed by atoms with van der Waals surface area (Å²) >= 11 is 0. The number of hydrazine groups is 1. The topological polar surface area (TPSA) is 116 Å². The molecule has 2 fully saturated rings. The van der Waals surface area contributed by atoms with E-state index in [4.69, 9.17) is 0 Å². The van der Waals surface area contributed by atoms with Crippen molar-refractivity contribution in [1.29, 1.82) is 0 Å². The Kier molecular flexibility index (Phi) is 6.22. The molecule has 1 atom stereocenters. The van der Waals surface area contributed by atoms with E-state index >= 15 is 0 Å². The Bertz CT molecular complexity index is 1180. The Hall–Kier alpha value is -3.24. The van der Waals surface area contributed by atoms with E-state index in [1.54, 1.807) is 6.92 Å².